The molecule has 2 N–H and O–H groups in total. The summed E-state index contributed by atoms with van der Waals surface area (Å²) in [6.07, 6.45) is 0.321. The van der Waals surface area contributed by atoms with Crippen LogP contribution in [0.1, 0.15) is 26.3 Å². The minimum atomic E-state index is -0.991. The second kappa shape index (κ2) is 23.1. The summed E-state index contributed by atoms with van der Waals surface area (Å²) in [5.41, 5.74) is 0.872. The molecule has 1 aromatic carbocycles. The number of methoxy groups -OCH3 is 1. The van der Waals surface area contributed by atoms with Gasteiger partial charge in [0, 0.05) is 59.0 Å². The Morgan fingerprint density at radius 2 is 1.23 bits per heavy atom. The zero-order valence-electron chi connectivity index (χ0n) is 28.8. The van der Waals surface area contributed by atoms with Crippen LogP contribution in [0.2, 0.25) is 0 Å². The molecule has 0 aliphatic carbocycles. The first-order valence-electron chi connectivity index (χ1n) is 16.6. The summed E-state index contributed by atoms with van der Waals surface area (Å²) in [6.45, 7) is 10.3. The van der Waals surface area contributed by atoms with Gasteiger partial charge in [-0.3, -0.25) is 38.8 Å². The molecule has 0 amide bonds. The standard InChI is InChI=1S/C33H54N4O11/c1-5-45-19-20-46-21-22-48-28-9-7-27(8-10-28)23-29(33(43)47-6-2)37-17-13-34(24-30(38)39)11-15-36(26(3)32(42)44-4)16-12-35(14-18-37)25-31(40)41/h7-10,26,29H,5-6,11-25H2,1-4H3,(H,38,39)(H,40,41). The first kappa shape index (κ1) is 40.8. The maximum Gasteiger partial charge on any atom is 0.323 e. The third kappa shape index (κ3) is 15.7. The zero-order valence-corrected chi connectivity index (χ0v) is 28.8. The summed E-state index contributed by atoms with van der Waals surface area (Å²) >= 11 is 0. The summed E-state index contributed by atoms with van der Waals surface area (Å²) in [4.78, 5) is 56.7. The highest BCUT2D eigenvalue weighted by Gasteiger charge is 2.30. The van der Waals surface area contributed by atoms with Gasteiger partial charge in [0.1, 0.15) is 24.4 Å². The van der Waals surface area contributed by atoms with Crippen LogP contribution in [0.4, 0.5) is 0 Å². The van der Waals surface area contributed by atoms with Crippen LogP contribution in [0.3, 0.4) is 0 Å². The Kier molecular flexibility index (Phi) is 19.6. The lowest BCUT2D eigenvalue weighted by atomic mass is 10.0. The maximum absolute atomic E-state index is 13.4. The van der Waals surface area contributed by atoms with Gasteiger partial charge in [0.15, 0.2) is 0 Å². The highest BCUT2D eigenvalue weighted by atomic mass is 16.5. The number of esters is 2. The maximum atomic E-state index is 13.4. The molecule has 1 aliphatic heterocycles. The topological polar surface area (TPSA) is 168 Å². The van der Waals surface area contributed by atoms with Gasteiger partial charge in [-0.1, -0.05) is 12.1 Å². The van der Waals surface area contributed by atoms with Crippen molar-refractivity contribution in [1.82, 2.24) is 19.6 Å². The SMILES string of the molecule is CCOCCOCCOc1ccc(CC(C(=O)OCC)N2CCN(CC(=O)O)CCN(C(C)C(=O)OC)CCN(CC(=O)O)CC2)cc1. The van der Waals surface area contributed by atoms with Crippen molar-refractivity contribution >= 4 is 23.9 Å². The highest BCUT2D eigenvalue weighted by molar-refractivity contribution is 5.76. The van der Waals surface area contributed by atoms with Crippen molar-refractivity contribution in [1.29, 1.82) is 0 Å². The first-order chi connectivity index (χ1) is 23.1. The Balaban J connectivity index is 2.25. The fraction of sp³-hybridized carbons (Fsp3) is 0.697. The molecule has 15 nitrogen and oxygen atoms in total. The second-order valence-corrected chi connectivity index (χ2v) is 11.4. The van der Waals surface area contributed by atoms with Crippen LogP contribution < -0.4 is 4.74 Å². The highest BCUT2D eigenvalue weighted by Crippen LogP contribution is 2.17. The largest absolute Gasteiger partial charge is 0.491 e. The average molecular weight is 683 g/mol. The number of carboxylic acid groups (broad SMARTS) is 2. The quantitative estimate of drug-likeness (QED) is 0.153. The first-order valence-corrected chi connectivity index (χ1v) is 16.6. The van der Waals surface area contributed by atoms with Crippen LogP contribution in [0.5, 0.6) is 5.75 Å². The molecule has 2 atom stereocenters. The molecule has 272 valence electrons. The molecule has 0 spiro atoms. The van der Waals surface area contributed by atoms with E-state index in [1.54, 1.807) is 23.6 Å². The third-order valence-electron chi connectivity index (χ3n) is 8.05. The molecule has 1 fully saturated rings. The number of hydrogen-bond donors (Lipinski definition) is 2. The van der Waals surface area contributed by atoms with E-state index in [0.717, 1.165) is 5.56 Å². The Morgan fingerprint density at radius 1 is 0.708 bits per heavy atom. The molecule has 0 radical (unpaired) electrons. The lowest BCUT2D eigenvalue weighted by Gasteiger charge is -2.37. The number of rotatable bonds is 19. The lowest BCUT2D eigenvalue weighted by Crippen LogP contribution is -2.53. The normalized spacial score (nSPS) is 17.4. The van der Waals surface area contributed by atoms with Gasteiger partial charge in [-0.25, -0.2) is 0 Å². The van der Waals surface area contributed by atoms with Crippen molar-refractivity contribution in [2.45, 2.75) is 39.3 Å². The number of ether oxygens (including phenoxy) is 5. The lowest BCUT2D eigenvalue weighted by molar-refractivity contribution is -0.150. The summed E-state index contributed by atoms with van der Waals surface area (Å²) in [5, 5.41) is 19.3. The minimum absolute atomic E-state index is 0.188. The van der Waals surface area contributed by atoms with Gasteiger partial charge in [-0.2, -0.15) is 0 Å². The predicted octanol–water partition coefficient (Wildman–Crippen LogP) is 0.545. The number of carbonyl (C=O) groups is 4. The molecule has 0 aromatic heterocycles. The molecular weight excluding hydrogens is 628 g/mol. The molecule has 1 aromatic rings. The summed E-state index contributed by atoms with van der Waals surface area (Å²) in [5.74, 6) is -2.16. The van der Waals surface area contributed by atoms with E-state index in [1.807, 2.05) is 41.0 Å². The molecule has 48 heavy (non-hydrogen) atoms. The Bertz CT molecular complexity index is 1080. The van der Waals surface area contributed by atoms with Gasteiger partial charge in [-0.15, -0.1) is 0 Å². The van der Waals surface area contributed by atoms with Crippen LogP contribution in [0.25, 0.3) is 0 Å². The van der Waals surface area contributed by atoms with Gasteiger partial charge in [0.05, 0.1) is 46.6 Å². The van der Waals surface area contributed by atoms with Gasteiger partial charge < -0.3 is 33.9 Å². The molecule has 2 unspecified atom stereocenters. The number of carbonyl (C=O) groups excluding carboxylic acids is 2. The fourth-order valence-corrected chi connectivity index (χ4v) is 5.37. The molecule has 1 saturated heterocycles. The van der Waals surface area contributed by atoms with Gasteiger partial charge in [0.2, 0.25) is 0 Å². The summed E-state index contributed by atoms with van der Waals surface area (Å²) in [7, 11) is 1.31. The van der Waals surface area contributed by atoms with E-state index in [2.05, 4.69) is 0 Å². The third-order valence-corrected chi connectivity index (χ3v) is 8.05. The van der Waals surface area contributed by atoms with Gasteiger partial charge in [0.25, 0.3) is 0 Å². The van der Waals surface area contributed by atoms with Crippen molar-refractivity contribution in [2.75, 3.05) is 112 Å². The van der Waals surface area contributed by atoms with Crippen molar-refractivity contribution < 1.29 is 53.1 Å². The van der Waals surface area contributed by atoms with E-state index in [1.165, 1.54) is 7.11 Å². The Morgan fingerprint density at radius 3 is 1.73 bits per heavy atom. The molecular formula is C33H54N4O11. The van der Waals surface area contributed by atoms with E-state index in [4.69, 9.17) is 23.7 Å². The smallest absolute Gasteiger partial charge is 0.323 e. The summed E-state index contributed by atoms with van der Waals surface area (Å²) in [6, 6.07) is 6.14. The van der Waals surface area contributed by atoms with E-state index >= 15 is 0 Å². The van der Waals surface area contributed by atoms with E-state index in [9.17, 15) is 29.4 Å². The molecule has 0 bridgehead atoms. The molecule has 1 aliphatic rings. The number of benzene rings is 1. The Hall–Kier alpha value is -3.34. The average Bonchev–Trinajstić information content (AvgIpc) is 3.05. The Labute approximate surface area is 283 Å². The van der Waals surface area contributed by atoms with Gasteiger partial charge >= 0.3 is 23.9 Å². The predicted molar refractivity (Wildman–Crippen MR) is 176 cm³/mol. The van der Waals surface area contributed by atoms with Crippen LogP contribution in [0.15, 0.2) is 24.3 Å². The van der Waals surface area contributed by atoms with Crippen LogP contribution in [-0.4, -0.2) is 178 Å². The van der Waals surface area contributed by atoms with Crippen molar-refractivity contribution in [3.8, 4) is 5.75 Å². The monoisotopic (exact) mass is 682 g/mol. The number of carboxylic acids is 2. The zero-order chi connectivity index (χ0) is 35.3. The van der Waals surface area contributed by atoms with E-state index in [-0.39, 0.29) is 19.7 Å². The van der Waals surface area contributed by atoms with Crippen molar-refractivity contribution in [3.63, 3.8) is 0 Å². The second-order valence-electron chi connectivity index (χ2n) is 11.4. The summed E-state index contributed by atoms with van der Waals surface area (Å²) < 4.78 is 26.9. The van der Waals surface area contributed by atoms with Gasteiger partial charge in [-0.05, 0) is 44.9 Å². The fourth-order valence-electron chi connectivity index (χ4n) is 5.37. The molecule has 15 heteroatoms. The van der Waals surface area contributed by atoms with E-state index in [0.29, 0.717) is 97.6 Å². The van der Waals surface area contributed by atoms with Crippen LogP contribution >= 0.6 is 0 Å². The molecule has 0 saturated carbocycles. The van der Waals surface area contributed by atoms with Crippen molar-refractivity contribution in [2.24, 2.45) is 0 Å². The van der Waals surface area contributed by atoms with E-state index < -0.39 is 36.0 Å². The van der Waals surface area contributed by atoms with Crippen molar-refractivity contribution in [3.05, 3.63) is 29.8 Å². The van der Waals surface area contributed by atoms with Crippen LogP contribution in [-0.2, 0) is 44.5 Å². The van der Waals surface area contributed by atoms with Crippen LogP contribution in [0, 0.1) is 0 Å². The number of nitrogens with zero attached hydrogens (tertiary/aromatic N) is 4. The molecule has 1 heterocycles. The minimum Gasteiger partial charge on any atom is -0.491 e. The number of hydrogen-bond acceptors (Lipinski definition) is 13. The molecule has 2 rings (SSSR count). The number of aliphatic carboxylic acids is 2.